The molecule has 0 fully saturated rings. The highest BCUT2D eigenvalue weighted by Gasteiger charge is 2.13. The molecule has 0 bridgehead atoms. The van der Waals surface area contributed by atoms with Crippen molar-refractivity contribution in [1.82, 2.24) is 0 Å². The first-order valence-electron chi connectivity index (χ1n) is 5.29. The van der Waals surface area contributed by atoms with Crippen molar-refractivity contribution in [2.75, 3.05) is 11.1 Å². The van der Waals surface area contributed by atoms with Crippen LogP contribution in [0.1, 0.15) is 10.4 Å². The summed E-state index contributed by atoms with van der Waals surface area (Å²) < 4.78 is 13.5. The van der Waals surface area contributed by atoms with Crippen molar-refractivity contribution in [3.8, 4) is 0 Å². The van der Waals surface area contributed by atoms with Crippen LogP contribution in [-0.2, 0) is 0 Å². The Hall–Kier alpha value is -1.78. The molecule has 0 heterocycles. The highest BCUT2D eigenvalue weighted by molar-refractivity contribution is 6.34. The van der Waals surface area contributed by atoms with Crippen LogP contribution in [0.4, 0.5) is 15.8 Å². The summed E-state index contributed by atoms with van der Waals surface area (Å²) in [5.74, 6) is -1.17. The van der Waals surface area contributed by atoms with Gasteiger partial charge in [0.15, 0.2) is 0 Å². The standard InChI is InChI=1S/C13H9Cl2FN2O/c14-7-1-4-12(11(16)5-7)18-13(19)9-6-8(17)2-3-10(9)15/h1-6H,17H2,(H,18,19). The van der Waals surface area contributed by atoms with Crippen molar-refractivity contribution < 1.29 is 9.18 Å². The average Bonchev–Trinajstić information content (AvgIpc) is 2.35. The first-order chi connectivity index (χ1) is 8.97. The van der Waals surface area contributed by atoms with Crippen molar-refractivity contribution in [1.29, 1.82) is 0 Å². The Bertz CT molecular complexity index is 647. The number of halogens is 3. The maximum atomic E-state index is 13.5. The minimum atomic E-state index is -0.624. The van der Waals surface area contributed by atoms with Crippen LogP contribution in [0.5, 0.6) is 0 Å². The van der Waals surface area contributed by atoms with Gasteiger partial charge in [0.1, 0.15) is 5.82 Å². The lowest BCUT2D eigenvalue weighted by Crippen LogP contribution is -2.13. The Morgan fingerprint density at radius 3 is 2.58 bits per heavy atom. The molecule has 0 spiro atoms. The van der Waals surface area contributed by atoms with E-state index < -0.39 is 11.7 Å². The fourth-order valence-corrected chi connectivity index (χ4v) is 1.86. The van der Waals surface area contributed by atoms with Crippen molar-refractivity contribution in [3.63, 3.8) is 0 Å². The molecule has 2 rings (SSSR count). The third kappa shape index (κ3) is 3.16. The first-order valence-corrected chi connectivity index (χ1v) is 6.04. The topological polar surface area (TPSA) is 55.1 Å². The van der Waals surface area contributed by atoms with Gasteiger partial charge < -0.3 is 11.1 Å². The number of nitrogens with one attached hydrogen (secondary N) is 1. The van der Waals surface area contributed by atoms with Crippen LogP contribution >= 0.6 is 23.2 Å². The molecule has 0 atom stereocenters. The number of benzene rings is 2. The predicted octanol–water partition coefficient (Wildman–Crippen LogP) is 3.97. The Morgan fingerprint density at radius 1 is 1.16 bits per heavy atom. The zero-order valence-electron chi connectivity index (χ0n) is 9.58. The molecule has 3 nitrogen and oxygen atoms in total. The smallest absolute Gasteiger partial charge is 0.257 e. The highest BCUT2D eigenvalue weighted by Crippen LogP contribution is 2.23. The van der Waals surface area contributed by atoms with Gasteiger partial charge in [-0.3, -0.25) is 4.79 Å². The van der Waals surface area contributed by atoms with E-state index in [0.29, 0.717) is 5.69 Å². The number of hydrogen-bond acceptors (Lipinski definition) is 2. The lowest BCUT2D eigenvalue weighted by atomic mass is 10.2. The van der Waals surface area contributed by atoms with Crippen molar-refractivity contribution in [2.24, 2.45) is 0 Å². The molecule has 0 aliphatic carbocycles. The second kappa shape index (κ2) is 5.47. The maximum absolute atomic E-state index is 13.5. The molecule has 2 aromatic rings. The minimum Gasteiger partial charge on any atom is -0.399 e. The van der Waals surface area contributed by atoms with Crippen LogP contribution in [0.3, 0.4) is 0 Å². The van der Waals surface area contributed by atoms with Gasteiger partial charge in [-0.25, -0.2) is 4.39 Å². The van der Waals surface area contributed by atoms with Gasteiger partial charge in [-0.2, -0.15) is 0 Å². The van der Waals surface area contributed by atoms with Gasteiger partial charge in [0, 0.05) is 10.7 Å². The van der Waals surface area contributed by atoms with Gasteiger partial charge in [0.25, 0.3) is 5.91 Å². The van der Waals surface area contributed by atoms with E-state index in [-0.39, 0.29) is 21.3 Å². The van der Waals surface area contributed by atoms with Gasteiger partial charge in [-0.15, -0.1) is 0 Å². The molecule has 0 radical (unpaired) electrons. The number of carbonyl (C=O) groups is 1. The van der Waals surface area contributed by atoms with E-state index in [1.807, 2.05) is 0 Å². The molecule has 3 N–H and O–H groups in total. The number of carbonyl (C=O) groups excluding carboxylic acids is 1. The molecule has 6 heteroatoms. The summed E-state index contributed by atoms with van der Waals surface area (Å²) in [7, 11) is 0. The van der Waals surface area contributed by atoms with Gasteiger partial charge >= 0.3 is 0 Å². The third-order valence-electron chi connectivity index (χ3n) is 2.41. The maximum Gasteiger partial charge on any atom is 0.257 e. The quantitative estimate of drug-likeness (QED) is 0.824. The molecule has 2 aromatic carbocycles. The van der Waals surface area contributed by atoms with Gasteiger partial charge in [0.2, 0.25) is 0 Å². The number of nitrogen functional groups attached to an aromatic ring is 1. The summed E-state index contributed by atoms with van der Waals surface area (Å²) in [6, 6.07) is 8.45. The van der Waals surface area contributed by atoms with E-state index in [2.05, 4.69) is 5.32 Å². The number of hydrogen-bond donors (Lipinski definition) is 2. The van der Waals surface area contributed by atoms with Crippen molar-refractivity contribution in [3.05, 3.63) is 57.8 Å². The Morgan fingerprint density at radius 2 is 1.89 bits per heavy atom. The molecular weight excluding hydrogens is 290 g/mol. The lowest BCUT2D eigenvalue weighted by molar-refractivity contribution is 0.102. The average molecular weight is 299 g/mol. The predicted molar refractivity (Wildman–Crippen MR) is 75.2 cm³/mol. The van der Waals surface area contributed by atoms with Crippen LogP contribution in [0.25, 0.3) is 0 Å². The second-order valence-electron chi connectivity index (χ2n) is 3.82. The summed E-state index contributed by atoms with van der Waals surface area (Å²) >= 11 is 11.5. The molecular formula is C13H9Cl2FN2O. The Balaban J connectivity index is 2.28. The third-order valence-corrected chi connectivity index (χ3v) is 2.98. The molecule has 19 heavy (non-hydrogen) atoms. The molecule has 1 amide bonds. The van der Waals surface area contributed by atoms with Crippen molar-refractivity contribution >= 4 is 40.5 Å². The number of nitrogens with two attached hydrogens (primary N) is 1. The van der Waals surface area contributed by atoms with Crippen LogP contribution in [0.15, 0.2) is 36.4 Å². The number of rotatable bonds is 2. The lowest BCUT2D eigenvalue weighted by Gasteiger charge is -2.08. The van der Waals surface area contributed by atoms with Gasteiger partial charge in [0.05, 0.1) is 16.3 Å². The number of amides is 1. The molecule has 0 saturated heterocycles. The highest BCUT2D eigenvalue weighted by atomic mass is 35.5. The molecule has 0 aliphatic rings. The summed E-state index contributed by atoms with van der Waals surface area (Å²) in [4.78, 5) is 12.0. The zero-order chi connectivity index (χ0) is 14.0. The van der Waals surface area contributed by atoms with E-state index in [1.165, 1.54) is 24.3 Å². The molecule has 0 aliphatic heterocycles. The van der Waals surface area contributed by atoms with Crippen LogP contribution in [0, 0.1) is 5.82 Å². The van der Waals surface area contributed by atoms with Crippen LogP contribution < -0.4 is 11.1 Å². The van der Waals surface area contributed by atoms with Crippen molar-refractivity contribution in [2.45, 2.75) is 0 Å². The molecule has 0 unspecified atom stereocenters. The second-order valence-corrected chi connectivity index (χ2v) is 4.66. The molecule has 0 aromatic heterocycles. The van der Waals surface area contributed by atoms with Crippen LogP contribution in [0.2, 0.25) is 10.0 Å². The van der Waals surface area contributed by atoms with Crippen LogP contribution in [-0.4, -0.2) is 5.91 Å². The van der Waals surface area contributed by atoms with E-state index in [4.69, 9.17) is 28.9 Å². The van der Waals surface area contributed by atoms with E-state index in [9.17, 15) is 9.18 Å². The summed E-state index contributed by atoms with van der Waals surface area (Å²) in [5, 5.41) is 2.89. The monoisotopic (exact) mass is 298 g/mol. The Labute approximate surface area is 119 Å². The van der Waals surface area contributed by atoms with E-state index in [0.717, 1.165) is 6.07 Å². The zero-order valence-corrected chi connectivity index (χ0v) is 11.1. The normalized spacial score (nSPS) is 10.3. The molecule has 98 valence electrons. The summed E-state index contributed by atoms with van der Waals surface area (Å²) in [6.07, 6.45) is 0. The fourth-order valence-electron chi connectivity index (χ4n) is 1.50. The molecule has 0 saturated carbocycles. The summed E-state index contributed by atoms with van der Waals surface area (Å²) in [5.41, 5.74) is 6.17. The Kier molecular flexibility index (Phi) is 3.93. The fraction of sp³-hybridized carbons (Fsp3) is 0. The van der Waals surface area contributed by atoms with E-state index >= 15 is 0 Å². The number of anilines is 2. The van der Waals surface area contributed by atoms with Gasteiger partial charge in [-0.05, 0) is 36.4 Å². The van der Waals surface area contributed by atoms with Gasteiger partial charge in [-0.1, -0.05) is 23.2 Å². The SMILES string of the molecule is Nc1ccc(Cl)c(C(=O)Nc2ccc(Cl)cc2F)c1. The largest absolute Gasteiger partial charge is 0.399 e. The summed E-state index contributed by atoms with van der Waals surface area (Å²) in [6.45, 7) is 0. The minimum absolute atomic E-state index is 0.0212. The first kappa shape index (κ1) is 13.6. The van der Waals surface area contributed by atoms with E-state index in [1.54, 1.807) is 6.07 Å².